The van der Waals surface area contributed by atoms with Crippen LogP contribution in [0.25, 0.3) is 5.65 Å². The lowest BCUT2D eigenvalue weighted by molar-refractivity contribution is 0.538. The van der Waals surface area contributed by atoms with Crippen LogP contribution in [0.15, 0.2) is 17.1 Å². The molecule has 0 atom stereocenters. The fourth-order valence-corrected chi connectivity index (χ4v) is 3.77. The van der Waals surface area contributed by atoms with Gasteiger partial charge in [-0.15, -0.1) is 0 Å². The van der Waals surface area contributed by atoms with E-state index in [1.807, 2.05) is 0 Å². The highest BCUT2D eigenvalue weighted by molar-refractivity contribution is 6.32. The van der Waals surface area contributed by atoms with Gasteiger partial charge in [-0.2, -0.15) is 0 Å². The Hall–Kier alpha value is -1.29. The maximum Gasteiger partial charge on any atom is 0.259 e. The Labute approximate surface area is 162 Å². The summed E-state index contributed by atoms with van der Waals surface area (Å²) >= 11 is 6.11. The quantitative estimate of drug-likeness (QED) is 0.391. The van der Waals surface area contributed by atoms with Gasteiger partial charge in [0.1, 0.15) is 5.82 Å². The van der Waals surface area contributed by atoms with Gasteiger partial charge in [-0.1, -0.05) is 95.6 Å². The first-order valence-corrected chi connectivity index (χ1v) is 10.9. The number of fused-ring (bicyclic) bond motifs is 1. The van der Waals surface area contributed by atoms with Gasteiger partial charge in [-0.3, -0.25) is 4.79 Å². The number of rotatable bonds is 14. The smallest absolute Gasteiger partial charge is 0.259 e. The third-order valence-electron chi connectivity index (χ3n) is 5.07. The molecule has 0 unspecified atom stereocenters. The van der Waals surface area contributed by atoms with Gasteiger partial charge in [-0.25, -0.2) is 9.38 Å². The van der Waals surface area contributed by atoms with Crippen molar-refractivity contribution in [1.29, 1.82) is 0 Å². The molecule has 0 aliphatic carbocycles. The first-order valence-electron chi connectivity index (χ1n) is 10.5. The zero-order valence-corrected chi connectivity index (χ0v) is 17.0. The molecule has 146 valence electrons. The number of aromatic nitrogens is 3. The van der Waals surface area contributed by atoms with E-state index in [0.717, 1.165) is 18.7 Å². The Morgan fingerprint density at radius 1 is 0.923 bits per heavy atom. The first-order chi connectivity index (χ1) is 12.7. The molecular weight excluding hydrogens is 346 g/mol. The molecule has 0 fully saturated rings. The van der Waals surface area contributed by atoms with Crippen LogP contribution in [0.4, 0.5) is 0 Å². The summed E-state index contributed by atoms with van der Waals surface area (Å²) in [7, 11) is 0. The summed E-state index contributed by atoms with van der Waals surface area (Å²) in [5.74, 6) is 0.773. The van der Waals surface area contributed by atoms with Crippen LogP contribution in [0.1, 0.15) is 96.2 Å². The molecule has 4 nitrogen and oxygen atoms in total. The molecule has 0 aliphatic rings. The van der Waals surface area contributed by atoms with Crippen molar-refractivity contribution in [2.45, 2.75) is 96.8 Å². The lowest BCUT2D eigenvalue weighted by Gasteiger charge is -2.03. The van der Waals surface area contributed by atoms with Gasteiger partial charge in [0.05, 0.1) is 0 Å². The molecular formula is C21H34ClN3O. The minimum atomic E-state index is -0.0668. The molecule has 2 aromatic rings. The average Bonchev–Trinajstić information content (AvgIpc) is 2.96. The van der Waals surface area contributed by atoms with Gasteiger partial charge in [0.2, 0.25) is 0 Å². The van der Waals surface area contributed by atoms with Crippen LogP contribution in [0, 0.1) is 0 Å². The van der Waals surface area contributed by atoms with Crippen LogP contribution < -0.4 is 5.56 Å². The van der Waals surface area contributed by atoms with Gasteiger partial charge in [0.25, 0.3) is 5.56 Å². The van der Waals surface area contributed by atoms with Gasteiger partial charge >= 0.3 is 0 Å². The van der Waals surface area contributed by atoms with Crippen LogP contribution in [-0.2, 0) is 6.42 Å². The van der Waals surface area contributed by atoms with E-state index in [1.54, 1.807) is 10.6 Å². The third kappa shape index (κ3) is 6.79. The molecule has 0 radical (unpaired) electrons. The number of aromatic amines is 1. The number of hydrogen-bond donors (Lipinski definition) is 1. The van der Waals surface area contributed by atoms with Crippen molar-refractivity contribution in [2.24, 2.45) is 0 Å². The molecule has 0 aliphatic heterocycles. The van der Waals surface area contributed by atoms with Crippen LogP contribution in [0.5, 0.6) is 0 Å². The molecule has 2 heterocycles. The monoisotopic (exact) mass is 379 g/mol. The fourth-order valence-electron chi connectivity index (χ4n) is 3.53. The van der Waals surface area contributed by atoms with Crippen molar-refractivity contribution in [2.75, 3.05) is 0 Å². The second-order valence-electron chi connectivity index (χ2n) is 7.31. The number of H-pyrrole nitrogens is 1. The summed E-state index contributed by atoms with van der Waals surface area (Å²) in [4.78, 5) is 19.3. The normalized spacial score (nSPS) is 11.5. The molecule has 0 spiro atoms. The zero-order chi connectivity index (χ0) is 18.6. The summed E-state index contributed by atoms with van der Waals surface area (Å²) in [6.45, 7) is 2.27. The van der Waals surface area contributed by atoms with Gasteiger partial charge in [0.15, 0.2) is 10.8 Å². The highest BCUT2D eigenvalue weighted by Gasteiger charge is 2.11. The zero-order valence-electron chi connectivity index (χ0n) is 16.2. The van der Waals surface area contributed by atoms with E-state index < -0.39 is 0 Å². The molecule has 0 aromatic carbocycles. The van der Waals surface area contributed by atoms with E-state index in [-0.39, 0.29) is 5.56 Å². The Morgan fingerprint density at radius 3 is 2.04 bits per heavy atom. The number of unbranched alkanes of at least 4 members (excludes halogenated alkanes) is 12. The van der Waals surface area contributed by atoms with E-state index in [1.165, 1.54) is 83.1 Å². The maximum atomic E-state index is 12.0. The number of hydrogen-bond acceptors (Lipinski definition) is 2. The summed E-state index contributed by atoms with van der Waals surface area (Å²) < 4.78 is 1.60. The van der Waals surface area contributed by atoms with E-state index >= 15 is 0 Å². The van der Waals surface area contributed by atoms with Gasteiger partial charge in [-0.05, 0) is 6.42 Å². The van der Waals surface area contributed by atoms with Crippen molar-refractivity contribution in [3.63, 3.8) is 0 Å². The van der Waals surface area contributed by atoms with Gasteiger partial charge < -0.3 is 4.98 Å². The molecule has 1 N–H and O–H groups in total. The largest absolute Gasteiger partial charge is 0.345 e. The number of imidazole rings is 1. The summed E-state index contributed by atoms with van der Waals surface area (Å²) in [6.07, 6.45) is 19.8. The first kappa shape index (κ1) is 21.0. The van der Waals surface area contributed by atoms with Gasteiger partial charge in [0, 0.05) is 18.7 Å². The maximum absolute atomic E-state index is 12.0. The molecule has 5 heteroatoms. The Balaban J connectivity index is 1.52. The van der Waals surface area contributed by atoms with Crippen LogP contribution in [0.2, 0.25) is 5.15 Å². The highest BCUT2D eigenvalue weighted by Crippen LogP contribution is 2.17. The third-order valence-corrected chi connectivity index (χ3v) is 5.34. The second-order valence-corrected chi connectivity index (χ2v) is 7.67. The van der Waals surface area contributed by atoms with Crippen LogP contribution in [-0.4, -0.2) is 14.4 Å². The van der Waals surface area contributed by atoms with E-state index in [2.05, 4.69) is 16.9 Å². The van der Waals surface area contributed by atoms with E-state index in [0.29, 0.717) is 10.8 Å². The minimum absolute atomic E-state index is 0.0668. The van der Waals surface area contributed by atoms with Crippen molar-refractivity contribution in [3.05, 3.63) is 33.6 Å². The van der Waals surface area contributed by atoms with Crippen LogP contribution >= 0.6 is 11.6 Å². The predicted molar refractivity (Wildman–Crippen MR) is 110 cm³/mol. The minimum Gasteiger partial charge on any atom is -0.345 e. The number of halogens is 1. The van der Waals surface area contributed by atoms with E-state index in [4.69, 9.17) is 11.6 Å². The molecule has 2 rings (SSSR count). The van der Waals surface area contributed by atoms with Crippen molar-refractivity contribution in [1.82, 2.24) is 14.4 Å². The molecule has 26 heavy (non-hydrogen) atoms. The highest BCUT2D eigenvalue weighted by atomic mass is 35.5. The van der Waals surface area contributed by atoms with E-state index in [9.17, 15) is 4.79 Å². The Kier molecular flexibility index (Phi) is 9.83. The van der Waals surface area contributed by atoms with Crippen molar-refractivity contribution in [3.8, 4) is 0 Å². The summed E-state index contributed by atoms with van der Waals surface area (Å²) in [5.41, 5.74) is 0.534. The lowest BCUT2D eigenvalue weighted by atomic mass is 10.0. The lowest BCUT2D eigenvalue weighted by Crippen LogP contribution is -2.14. The summed E-state index contributed by atoms with van der Waals surface area (Å²) in [5, 5.41) is 0.382. The molecule has 0 amide bonds. The second kappa shape index (κ2) is 12.2. The van der Waals surface area contributed by atoms with Crippen molar-refractivity contribution < 1.29 is 0 Å². The molecule has 0 saturated carbocycles. The Bertz CT molecular complexity index is 692. The topological polar surface area (TPSA) is 50.2 Å². The van der Waals surface area contributed by atoms with Crippen molar-refractivity contribution >= 4 is 17.2 Å². The predicted octanol–water partition coefficient (Wildman–Crippen LogP) is 6.31. The van der Waals surface area contributed by atoms with Crippen LogP contribution in [0.3, 0.4) is 0 Å². The Morgan fingerprint density at radius 2 is 1.46 bits per heavy atom. The average molecular weight is 380 g/mol. The SMILES string of the molecule is CCCCCCCCCCCCCCCc1nc(Cl)c2[nH]ccc(=O)n12. The molecule has 0 bridgehead atoms. The summed E-state index contributed by atoms with van der Waals surface area (Å²) in [6, 6.07) is 1.51. The molecule has 0 saturated heterocycles. The number of nitrogens with one attached hydrogen (secondary N) is 1. The fraction of sp³-hybridized carbons (Fsp3) is 0.714. The standard InChI is InChI=1S/C21H34ClN3O/c1-2-3-4-5-6-7-8-9-10-11-12-13-14-15-18-24-20(22)21-23-17-16-19(26)25(18)21/h16-17,23H,2-15H2,1H3. The number of aryl methyl sites for hydroxylation is 1. The number of nitrogens with zero attached hydrogens (tertiary/aromatic N) is 2. The molecule has 2 aromatic heterocycles.